The Morgan fingerprint density at radius 2 is 2.33 bits per heavy atom. The van der Waals surface area contributed by atoms with Crippen molar-refractivity contribution in [2.24, 2.45) is 17.8 Å². The quantitative estimate of drug-likeness (QED) is 0.659. The van der Waals surface area contributed by atoms with E-state index in [0.717, 1.165) is 31.2 Å². The second kappa shape index (κ2) is 3.31. The summed E-state index contributed by atoms with van der Waals surface area (Å²) in [4.78, 5) is 11.8. The van der Waals surface area contributed by atoms with Crippen LogP contribution in [-0.2, 0) is 4.79 Å². The third kappa shape index (κ3) is 1.45. The van der Waals surface area contributed by atoms with Crippen LogP contribution in [0.15, 0.2) is 0 Å². The number of hydrogen-bond donors (Lipinski definition) is 1. The van der Waals surface area contributed by atoms with Crippen LogP contribution in [0.1, 0.15) is 45.4 Å². The highest BCUT2D eigenvalue weighted by Gasteiger charge is 2.52. The first-order chi connectivity index (χ1) is 7.20. The average molecular weight is 207 g/mol. The van der Waals surface area contributed by atoms with Crippen molar-refractivity contribution in [1.29, 1.82) is 0 Å². The topological polar surface area (TPSA) is 29.1 Å². The molecule has 3 aliphatic rings. The Hall–Kier alpha value is -0.370. The number of piperidine rings is 1. The minimum Gasteiger partial charge on any atom is -0.311 e. The third-order valence-electron chi connectivity index (χ3n) is 4.87. The summed E-state index contributed by atoms with van der Waals surface area (Å²) in [7, 11) is 0. The molecule has 1 saturated heterocycles. The lowest BCUT2D eigenvalue weighted by Gasteiger charge is -2.56. The van der Waals surface area contributed by atoms with Gasteiger partial charge in [0.25, 0.3) is 0 Å². The van der Waals surface area contributed by atoms with E-state index in [1.54, 1.807) is 0 Å². The zero-order valence-electron chi connectivity index (χ0n) is 9.59. The van der Waals surface area contributed by atoms with Gasteiger partial charge in [-0.2, -0.15) is 0 Å². The molecule has 1 heterocycles. The van der Waals surface area contributed by atoms with Crippen LogP contribution in [0.25, 0.3) is 0 Å². The zero-order valence-corrected chi connectivity index (χ0v) is 9.59. The molecule has 84 valence electrons. The summed E-state index contributed by atoms with van der Waals surface area (Å²) in [6, 6.07) is 0. The van der Waals surface area contributed by atoms with Gasteiger partial charge in [0.2, 0.25) is 0 Å². The maximum atomic E-state index is 11.8. The first-order valence-electron chi connectivity index (χ1n) is 6.46. The highest BCUT2D eigenvalue weighted by atomic mass is 16.1. The maximum Gasteiger partial charge on any atom is 0.135 e. The fourth-order valence-corrected chi connectivity index (χ4v) is 4.57. The smallest absolute Gasteiger partial charge is 0.135 e. The van der Waals surface area contributed by atoms with Crippen LogP contribution in [0.2, 0.25) is 0 Å². The van der Waals surface area contributed by atoms with Crippen LogP contribution < -0.4 is 5.32 Å². The fraction of sp³-hybridized carbons (Fsp3) is 0.923. The number of carbonyl (C=O) groups is 1. The van der Waals surface area contributed by atoms with E-state index in [-0.39, 0.29) is 5.54 Å². The molecule has 2 aliphatic carbocycles. The van der Waals surface area contributed by atoms with Gasteiger partial charge in [0.15, 0.2) is 0 Å². The molecule has 0 aromatic carbocycles. The highest BCUT2D eigenvalue weighted by Crippen LogP contribution is 2.51. The van der Waals surface area contributed by atoms with Crippen molar-refractivity contribution in [3.63, 3.8) is 0 Å². The van der Waals surface area contributed by atoms with E-state index in [2.05, 4.69) is 12.2 Å². The number of rotatable bonds is 0. The predicted molar refractivity (Wildman–Crippen MR) is 59.6 cm³/mol. The number of carbonyl (C=O) groups excluding carboxylic acids is 1. The molecule has 2 saturated carbocycles. The van der Waals surface area contributed by atoms with Crippen LogP contribution in [-0.4, -0.2) is 17.9 Å². The molecule has 0 spiro atoms. The van der Waals surface area contributed by atoms with Crippen LogP contribution in [0.3, 0.4) is 0 Å². The first kappa shape index (κ1) is 9.83. The lowest BCUT2D eigenvalue weighted by molar-refractivity contribution is -0.131. The van der Waals surface area contributed by atoms with E-state index in [4.69, 9.17) is 0 Å². The molecule has 2 bridgehead atoms. The fourth-order valence-electron chi connectivity index (χ4n) is 4.57. The van der Waals surface area contributed by atoms with Gasteiger partial charge in [-0.05, 0) is 50.0 Å². The molecule has 0 radical (unpaired) electrons. The van der Waals surface area contributed by atoms with E-state index >= 15 is 0 Å². The van der Waals surface area contributed by atoms with Crippen molar-refractivity contribution in [1.82, 2.24) is 5.32 Å². The molecule has 0 aromatic heterocycles. The van der Waals surface area contributed by atoms with Crippen molar-refractivity contribution >= 4 is 5.78 Å². The van der Waals surface area contributed by atoms with E-state index in [1.807, 2.05) is 0 Å². The Bertz CT molecular complexity index is 288. The number of Topliss-reactive ketones (excluding diaryl/α,β-unsaturated/α-hetero) is 1. The molecule has 3 rings (SSSR count). The molecule has 0 aromatic rings. The van der Waals surface area contributed by atoms with Crippen molar-refractivity contribution in [3.8, 4) is 0 Å². The Morgan fingerprint density at radius 3 is 3.20 bits per heavy atom. The molecule has 4 unspecified atom stereocenters. The van der Waals surface area contributed by atoms with Gasteiger partial charge in [0.1, 0.15) is 5.78 Å². The van der Waals surface area contributed by atoms with E-state index < -0.39 is 0 Å². The Balaban J connectivity index is 1.94. The molecular formula is C13H21NO. The SMILES string of the molecule is CC1CC2CC(=O)CC3(C1)NCCCC23. The van der Waals surface area contributed by atoms with Gasteiger partial charge in [0, 0.05) is 18.4 Å². The largest absolute Gasteiger partial charge is 0.311 e. The molecule has 1 N–H and O–H groups in total. The van der Waals surface area contributed by atoms with Gasteiger partial charge in [-0.25, -0.2) is 0 Å². The highest BCUT2D eigenvalue weighted by molar-refractivity contribution is 5.81. The molecule has 3 fully saturated rings. The van der Waals surface area contributed by atoms with Gasteiger partial charge in [-0.3, -0.25) is 4.79 Å². The lowest BCUT2D eigenvalue weighted by atomic mass is 9.55. The van der Waals surface area contributed by atoms with Gasteiger partial charge in [-0.1, -0.05) is 6.92 Å². The summed E-state index contributed by atoms with van der Waals surface area (Å²) in [5.74, 6) is 2.82. The van der Waals surface area contributed by atoms with Gasteiger partial charge < -0.3 is 5.32 Å². The van der Waals surface area contributed by atoms with E-state index in [1.165, 1.54) is 25.7 Å². The monoisotopic (exact) mass is 207 g/mol. The Labute approximate surface area is 91.8 Å². The van der Waals surface area contributed by atoms with E-state index in [0.29, 0.717) is 11.7 Å². The molecule has 2 heteroatoms. The third-order valence-corrected chi connectivity index (χ3v) is 4.87. The van der Waals surface area contributed by atoms with Gasteiger partial charge in [0.05, 0.1) is 0 Å². The molecule has 1 aliphatic heterocycles. The molecule has 2 nitrogen and oxygen atoms in total. The number of nitrogens with one attached hydrogen (secondary N) is 1. The lowest BCUT2D eigenvalue weighted by Crippen LogP contribution is -2.63. The molecular weight excluding hydrogens is 186 g/mol. The van der Waals surface area contributed by atoms with Crippen LogP contribution in [0.5, 0.6) is 0 Å². The summed E-state index contributed by atoms with van der Waals surface area (Å²) in [6.45, 7) is 3.49. The predicted octanol–water partition coefficient (Wildman–Crippen LogP) is 2.13. The van der Waals surface area contributed by atoms with Crippen molar-refractivity contribution in [3.05, 3.63) is 0 Å². The number of hydrogen-bond acceptors (Lipinski definition) is 2. The first-order valence-corrected chi connectivity index (χ1v) is 6.46. The van der Waals surface area contributed by atoms with Crippen LogP contribution >= 0.6 is 0 Å². The standard InChI is InChI=1S/C13H21NO/c1-9-5-10-6-11(15)8-13(7-9)12(10)3-2-4-14-13/h9-10,12,14H,2-8H2,1H3. The Morgan fingerprint density at radius 1 is 1.47 bits per heavy atom. The van der Waals surface area contributed by atoms with Gasteiger partial charge >= 0.3 is 0 Å². The minimum absolute atomic E-state index is 0.218. The second-order valence-electron chi connectivity index (χ2n) is 6.06. The van der Waals surface area contributed by atoms with E-state index in [9.17, 15) is 4.79 Å². The van der Waals surface area contributed by atoms with Crippen molar-refractivity contribution < 1.29 is 4.79 Å². The zero-order chi connectivity index (χ0) is 10.5. The van der Waals surface area contributed by atoms with Crippen LogP contribution in [0.4, 0.5) is 0 Å². The second-order valence-corrected chi connectivity index (χ2v) is 6.06. The van der Waals surface area contributed by atoms with Gasteiger partial charge in [-0.15, -0.1) is 0 Å². The summed E-state index contributed by atoms with van der Waals surface area (Å²) in [5, 5.41) is 3.71. The average Bonchev–Trinajstić information content (AvgIpc) is 2.14. The molecule has 0 amide bonds. The maximum absolute atomic E-state index is 11.8. The number of ketones is 1. The summed E-state index contributed by atoms with van der Waals surface area (Å²) < 4.78 is 0. The molecule has 4 atom stereocenters. The minimum atomic E-state index is 0.218. The van der Waals surface area contributed by atoms with Crippen molar-refractivity contribution in [2.45, 2.75) is 51.0 Å². The summed E-state index contributed by atoms with van der Waals surface area (Å²) in [6.07, 6.45) is 6.89. The normalized spacial score (nSPS) is 49.9. The summed E-state index contributed by atoms with van der Waals surface area (Å²) >= 11 is 0. The Kier molecular flexibility index (Phi) is 2.17. The van der Waals surface area contributed by atoms with Crippen LogP contribution in [0, 0.1) is 17.8 Å². The molecule has 15 heavy (non-hydrogen) atoms. The van der Waals surface area contributed by atoms with Crippen molar-refractivity contribution in [2.75, 3.05) is 6.54 Å². The summed E-state index contributed by atoms with van der Waals surface area (Å²) in [5.41, 5.74) is 0.218.